The number of nitrogens with one attached hydrogen (secondary N) is 3. The first kappa shape index (κ1) is 88.5. The molecule has 0 unspecified atom stereocenters. The number of carbonyl (C=O) groups excluding carboxylic acids is 11. The van der Waals surface area contributed by atoms with Crippen LogP contribution in [0.2, 0.25) is 0 Å². The number of anilines is 1. The van der Waals surface area contributed by atoms with Gasteiger partial charge < -0.3 is 55.5 Å². The van der Waals surface area contributed by atoms with E-state index in [1.54, 1.807) is 80.9 Å². The van der Waals surface area contributed by atoms with E-state index in [1.165, 1.54) is 12.0 Å². The van der Waals surface area contributed by atoms with Crippen LogP contribution in [0.3, 0.4) is 0 Å². The number of primary amides is 1. The molecule has 2 aliphatic rings. The van der Waals surface area contributed by atoms with E-state index in [-0.39, 0.29) is 150 Å². The average Bonchev–Trinajstić information content (AvgIpc) is 1.24. The summed E-state index contributed by atoms with van der Waals surface area (Å²) in [6.07, 6.45) is 0.113. The lowest BCUT2D eigenvalue weighted by Gasteiger charge is -2.41. The van der Waals surface area contributed by atoms with Crippen molar-refractivity contribution >= 4 is 70.5 Å². The number of nitrogens with zero attached hydrogens (tertiary/aromatic N) is 5. The van der Waals surface area contributed by atoms with Crippen molar-refractivity contribution in [2.45, 2.75) is 202 Å². The Morgan fingerprint density at radius 1 is 0.660 bits per heavy atom. The van der Waals surface area contributed by atoms with Gasteiger partial charge in [0.25, 0.3) is 0 Å². The summed E-state index contributed by atoms with van der Waals surface area (Å²) in [6.45, 7) is 18.6. The number of methoxy groups -OCH3 is 2. The van der Waals surface area contributed by atoms with E-state index < -0.39 is 136 Å². The van der Waals surface area contributed by atoms with Gasteiger partial charge in [-0.05, 0) is 113 Å². The molecule has 106 heavy (non-hydrogen) atoms. The number of benzene rings is 3. The molecule has 2 fully saturated rings. The highest BCUT2D eigenvalue weighted by atomic mass is 19.2. The van der Waals surface area contributed by atoms with Crippen LogP contribution in [0.25, 0.3) is 0 Å². The van der Waals surface area contributed by atoms with Gasteiger partial charge in [0.2, 0.25) is 47.0 Å². The van der Waals surface area contributed by atoms with Gasteiger partial charge >= 0.3 is 12.0 Å². The molecule has 588 valence electrons. The Morgan fingerprint density at radius 2 is 1.29 bits per heavy atom. The summed E-state index contributed by atoms with van der Waals surface area (Å²) in [4.78, 5) is 160. The molecular formula is C79H115F4N9O14. The molecule has 27 heteroatoms. The van der Waals surface area contributed by atoms with Gasteiger partial charge in [-0.3, -0.25) is 52.8 Å². The number of hydrogen-bond donors (Lipinski definition) is 4. The first-order valence-corrected chi connectivity index (χ1v) is 37.2. The smallest absolute Gasteiger partial charge is 0.314 e. The van der Waals surface area contributed by atoms with E-state index in [9.17, 15) is 70.3 Å². The van der Waals surface area contributed by atoms with Crippen molar-refractivity contribution in [3.05, 3.63) is 94.6 Å². The maximum Gasteiger partial charge on any atom is 0.314 e. The number of halogens is 4. The Balaban J connectivity index is 1.21. The Hall–Kier alpha value is -8.17. The molecule has 0 saturated carbocycles. The summed E-state index contributed by atoms with van der Waals surface area (Å²) in [5.74, 6) is -17.4. The van der Waals surface area contributed by atoms with Crippen LogP contribution in [-0.4, -0.2) is 194 Å². The van der Waals surface area contributed by atoms with Gasteiger partial charge in [0, 0.05) is 128 Å². The summed E-state index contributed by atoms with van der Waals surface area (Å²) < 4.78 is 73.8. The number of Topliss-reactive ketones (excluding diaryl/α,β-unsaturated/α-hetero) is 3. The van der Waals surface area contributed by atoms with Gasteiger partial charge in [0.1, 0.15) is 5.78 Å². The summed E-state index contributed by atoms with van der Waals surface area (Å²) in [7, 11) is 10.2. The number of rotatable bonds is 41. The number of carbonyl (C=O) groups is 11. The van der Waals surface area contributed by atoms with Crippen LogP contribution in [0.5, 0.6) is 5.75 Å². The molecule has 8 amide bonds. The highest BCUT2D eigenvalue weighted by Gasteiger charge is 2.45. The number of esters is 1. The van der Waals surface area contributed by atoms with Gasteiger partial charge in [0.15, 0.2) is 29.0 Å². The molecule has 23 nitrogen and oxygen atoms in total. The van der Waals surface area contributed by atoms with E-state index in [0.29, 0.717) is 37.1 Å². The second kappa shape index (κ2) is 41.8. The molecule has 11 atom stereocenters. The van der Waals surface area contributed by atoms with Crippen molar-refractivity contribution in [2.24, 2.45) is 59.0 Å². The topological polar surface area (TPSA) is 294 Å². The number of likely N-dealkylation sites (N-methyl/N-ethyl adjacent to an activating group) is 2. The maximum absolute atomic E-state index is 14.7. The SMILES string of the molecule is CC[C@H](C)[C@@H]([C@@H](CC(=O)N1CCC[C@H]1[C@H](OC)[C@@H](C)C(=O)C[C@@H](Cc1ccccc1)C(=O)N(C)Cc1ccc(NC(=O)[C@H](CCCNC(N)=O)CC(=O)[C@@H](NC(=O)CCC(=O)N2CCC(C(=O)Oc3c(F)c(C)c(F)c(F)c3F)CC2)C(C)C)cc1)OC)N(C)C(=O)[C@@H](CC(=O)[C@H](C(C)C)N(C)C)C(C)C. The van der Waals surface area contributed by atoms with Crippen LogP contribution in [0, 0.1) is 83.5 Å². The van der Waals surface area contributed by atoms with Crippen LogP contribution >= 0.6 is 0 Å². The molecule has 0 radical (unpaired) electrons. The molecule has 0 aromatic heterocycles. The van der Waals surface area contributed by atoms with Gasteiger partial charge in [0.05, 0.1) is 48.7 Å². The van der Waals surface area contributed by atoms with Crippen LogP contribution < -0.4 is 26.4 Å². The van der Waals surface area contributed by atoms with Gasteiger partial charge in [-0.25, -0.2) is 18.0 Å². The first-order valence-electron chi connectivity index (χ1n) is 37.2. The largest absolute Gasteiger partial charge is 0.420 e. The lowest BCUT2D eigenvalue weighted by molar-refractivity contribution is -0.149. The molecule has 3 aromatic carbocycles. The average molecular weight is 1490 g/mol. The van der Waals surface area contributed by atoms with E-state index >= 15 is 0 Å². The van der Waals surface area contributed by atoms with E-state index in [4.69, 9.17) is 19.9 Å². The standard InChI is InChI=1S/C79H115F4N9O14/c1-17-48(8)72(90(14)77(101)57(45(2)3)42-61(95)71(47(6)7)88(11)12)62(104-15)43-65(98)92-36-22-26-58(92)73(105-16)49(9)59(93)41-55(39-51-23-19-18-20-24-51)76(100)89(13)44-52-27-29-56(30-28-52)86-75(99)54(25-21-35-85-79(84)103)40-60(94)70(46(4)5)87-63(96)31-32-64(97)91-37-33-53(34-38-91)78(102)106-74-67(81)50(10)66(80)68(82)69(74)83/h18-20,23-24,27-30,45-49,53-55,57-58,62,70-73H,17,21-22,25-26,31-44H2,1-16H3,(H,86,99)(H,87,96)(H3,84,85,103)/t48-,49-,54+,55+,57-,58-,62+,70-,71-,72-,73+/m0/s1. The third kappa shape index (κ3) is 24.4. The number of nitrogens with two attached hydrogens (primary N) is 1. The minimum absolute atomic E-state index is 0.000380. The van der Waals surface area contributed by atoms with Gasteiger partial charge in [-0.2, -0.15) is 4.39 Å². The molecule has 2 heterocycles. The Bertz CT molecular complexity index is 3460. The Kier molecular flexibility index (Phi) is 34.9. The monoisotopic (exact) mass is 1490 g/mol. The van der Waals surface area contributed by atoms with E-state index in [1.807, 2.05) is 90.9 Å². The van der Waals surface area contributed by atoms with Crippen LogP contribution in [0.4, 0.5) is 28.0 Å². The Labute approximate surface area is 622 Å². The highest BCUT2D eigenvalue weighted by molar-refractivity contribution is 5.98. The zero-order chi connectivity index (χ0) is 79.1. The van der Waals surface area contributed by atoms with Crippen molar-refractivity contribution in [1.82, 2.24) is 35.1 Å². The predicted molar refractivity (Wildman–Crippen MR) is 393 cm³/mol. The van der Waals surface area contributed by atoms with E-state index in [0.717, 1.165) is 12.5 Å². The third-order valence-electron chi connectivity index (χ3n) is 21.1. The number of amides is 8. The fourth-order valence-electron chi connectivity index (χ4n) is 14.8. The van der Waals surface area contributed by atoms with E-state index in [2.05, 4.69) is 16.0 Å². The van der Waals surface area contributed by atoms with Crippen molar-refractivity contribution in [3.63, 3.8) is 0 Å². The fourth-order valence-corrected chi connectivity index (χ4v) is 14.8. The van der Waals surface area contributed by atoms with Crippen LogP contribution in [0.15, 0.2) is 54.6 Å². The number of likely N-dealkylation sites (tertiary alicyclic amines) is 2. The maximum atomic E-state index is 14.7. The summed E-state index contributed by atoms with van der Waals surface area (Å²) >= 11 is 0. The number of ether oxygens (including phenoxy) is 3. The molecule has 3 aromatic rings. The quantitative estimate of drug-likeness (QED) is 0.0103. The summed E-state index contributed by atoms with van der Waals surface area (Å²) in [5, 5.41) is 8.07. The van der Waals surface area contributed by atoms with Crippen molar-refractivity contribution in [3.8, 4) is 5.75 Å². The molecular weight excluding hydrogens is 1370 g/mol. The number of urea groups is 1. The first-order chi connectivity index (χ1) is 50.0. The van der Waals surface area contributed by atoms with Crippen molar-refractivity contribution < 1.29 is 84.5 Å². The molecule has 0 bridgehead atoms. The second-order valence-electron chi connectivity index (χ2n) is 30.1. The van der Waals surface area contributed by atoms with Crippen molar-refractivity contribution in [1.29, 1.82) is 0 Å². The third-order valence-corrected chi connectivity index (χ3v) is 21.1. The zero-order valence-corrected chi connectivity index (χ0v) is 64.8. The highest BCUT2D eigenvalue weighted by Crippen LogP contribution is 2.35. The molecule has 0 aliphatic carbocycles. The molecule has 2 aliphatic heterocycles. The lowest BCUT2D eigenvalue weighted by Crippen LogP contribution is -2.54. The molecule has 2 saturated heterocycles. The minimum atomic E-state index is -1.99. The molecule has 5 rings (SSSR count). The zero-order valence-electron chi connectivity index (χ0n) is 64.8. The van der Waals surface area contributed by atoms with Gasteiger partial charge in [-0.1, -0.05) is 111 Å². The Morgan fingerprint density at radius 3 is 1.86 bits per heavy atom. The number of piperidine rings is 1. The summed E-state index contributed by atoms with van der Waals surface area (Å²) in [5.41, 5.74) is 6.33. The molecule has 0 spiro atoms. The second-order valence-corrected chi connectivity index (χ2v) is 30.1. The fraction of sp³-hybridized carbons (Fsp3) is 0.633. The van der Waals surface area contributed by atoms with Crippen LogP contribution in [-0.2, 0) is 70.4 Å². The number of hydrogen-bond acceptors (Lipinski definition) is 15. The predicted octanol–water partition coefficient (Wildman–Crippen LogP) is 9.79. The molecule has 5 N–H and O–H groups in total. The number of ketones is 3. The lowest BCUT2D eigenvalue weighted by atomic mass is 9.83. The normalized spacial score (nSPS) is 17.0. The minimum Gasteiger partial charge on any atom is -0.420 e. The van der Waals surface area contributed by atoms with Crippen molar-refractivity contribution in [2.75, 3.05) is 73.9 Å². The summed E-state index contributed by atoms with van der Waals surface area (Å²) in [6, 6.07) is 12.9. The van der Waals surface area contributed by atoms with Gasteiger partial charge in [-0.15, -0.1) is 0 Å². The van der Waals surface area contributed by atoms with Crippen LogP contribution in [0.1, 0.15) is 162 Å².